The van der Waals surface area contributed by atoms with Gasteiger partial charge in [0, 0.05) is 0 Å². The molecule has 4 heteroatoms. The predicted octanol–water partition coefficient (Wildman–Crippen LogP) is 2.57. The molecule has 0 aliphatic heterocycles. The molecule has 0 saturated heterocycles. The van der Waals surface area contributed by atoms with Crippen LogP contribution < -0.4 is 5.32 Å². The van der Waals surface area contributed by atoms with Crippen molar-refractivity contribution in [3.8, 4) is 0 Å². The molecule has 94 valence electrons. The van der Waals surface area contributed by atoms with Gasteiger partial charge in [-0.25, -0.2) is 4.98 Å². The highest BCUT2D eigenvalue weighted by Crippen LogP contribution is 2.34. The average molecular weight is 238 g/mol. The molecule has 0 bridgehead atoms. The topological polar surface area (TPSA) is 45.1 Å². The molecular weight excluding hydrogens is 219 g/mol. The summed E-state index contributed by atoms with van der Waals surface area (Å²) in [7, 11) is 0. The smallest absolute Gasteiger partial charge is 0.214 e. The fraction of sp³-hybridized carbons (Fsp3) is 0.615. The monoisotopic (exact) mass is 238 g/mol. The normalized spacial score (nSPS) is 29.0. The minimum absolute atomic E-state index is 0.0650. The fourth-order valence-electron chi connectivity index (χ4n) is 2.71. The van der Waals surface area contributed by atoms with Crippen molar-refractivity contribution in [1.29, 1.82) is 0 Å². The van der Waals surface area contributed by atoms with Crippen molar-refractivity contribution in [3.05, 3.63) is 24.1 Å². The van der Waals surface area contributed by atoms with Gasteiger partial charge in [-0.3, -0.25) is 0 Å². The Morgan fingerprint density at radius 1 is 1.59 bits per heavy atom. The zero-order chi connectivity index (χ0) is 12.3. The van der Waals surface area contributed by atoms with Gasteiger partial charge in [0.25, 0.3) is 0 Å². The lowest BCUT2D eigenvalue weighted by molar-refractivity contribution is 0.149. The van der Waals surface area contributed by atoms with E-state index in [0.717, 1.165) is 19.3 Å². The van der Waals surface area contributed by atoms with E-state index in [0.29, 0.717) is 11.7 Å². The first-order valence-corrected chi connectivity index (χ1v) is 6.15. The minimum Gasteiger partial charge on any atom is -0.394 e. The average Bonchev–Trinajstić information content (AvgIpc) is 2.29. The Kier molecular flexibility index (Phi) is 3.62. The van der Waals surface area contributed by atoms with E-state index in [1.54, 1.807) is 12.1 Å². The molecule has 1 heterocycles. The Bertz CT molecular complexity index is 385. The second-order valence-corrected chi connectivity index (χ2v) is 5.11. The van der Waals surface area contributed by atoms with Crippen LogP contribution in [0.5, 0.6) is 0 Å². The summed E-state index contributed by atoms with van der Waals surface area (Å²) < 4.78 is 13.0. The number of rotatable bonds is 3. The van der Waals surface area contributed by atoms with Crippen LogP contribution in [0.15, 0.2) is 18.2 Å². The van der Waals surface area contributed by atoms with Gasteiger partial charge in [0.2, 0.25) is 5.95 Å². The number of hydrogen-bond acceptors (Lipinski definition) is 3. The number of halogens is 1. The summed E-state index contributed by atoms with van der Waals surface area (Å²) in [5.74, 6) is 0.594. The van der Waals surface area contributed by atoms with Gasteiger partial charge in [-0.15, -0.1) is 0 Å². The summed E-state index contributed by atoms with van der Waals surface area (Å²) in [5, 5.41) is 12.8. The first kappa shape index (κ1) is 12.3. The number of aromatic nitrogens is 1. The number of aliphatic hydroxyl groups is 1. The van der Waals surface area contributed by atoms with Crippen molar-refractivity contribution in [1.82, 2.24) is 4.98 Å². The highest BCUT2D eigenvalue weighted by molar-refractivity contribution is 5.37. The predicted molar refractivity (Wildman–Crippen MR) is 65.3 cm³/mol. The number of anilines is 1. The molecule has 1 fully saturated rings. The van der Waals surface area contributed by atoms with Crippen LogP contribution in [-0.2, 0) is 0 Å². The first-order chi connectivity index (χ1) is 8.13. The third-order valence-electron chi connectivity index (χ3n) is 3.50. The van der Waals surface area contributed by atoms with Crippen LogP contribution >= 0.6 is 0 Å². The Hall–Kier alpha value is -1.16. The highest BCUT2D eigenvalue weighted by Gasteiger charge is 2.34. The molecule has 2 unspecified atom stereocenters. The molecule has 3 nitrogen and oxygen atoms in total. The largest absolute Gasteiger partial charge is 0.394 e. The SMILES string of the molecule is CC1CCCC(CO)(Nc2cccc(F)n2)C1. The van der Waals surface area contributed by atoms with Crippen molar-refractivity contribution in [2.75, 3.05) is 11.9 Å². The van der Waals surface area contributed by atoms with Crippen LogP contribution in [-0.4, -0.2) is 22.2 Å². The van der Waals surface area contributed by atoms with Crippen LogP contribution in [0.4, 0.5) is 10.2 Å². The van der Waals surface area contributed by atoms with Crippen LogP contribution in [0.2, 0.25) is 0 Å². The van der Waals surface area contributed by atoms with Crippen molar-refractivity contribution in [2.24, 2.45) is 5.92 Å². The van der Waals surface area contributed by atoms with Gasteiger partial charge in [-0.2, -0.15) is 4.39 Å². The van der Waals surface area contributed by atoms with Gasteiger partial charge in [-0.05, 0) is 30.9 Å². The number of nitrogens with zero attached hydrogens (tertiary/aromatic N) is 1. The third-order valence-corrected chi connectivity index (χ3v) is 3.50. The highest BCUT2D eigenvalue weighted by atomic mass is 19.1. The van der Waals surface area contributed by atoms with E-state index in [2.05, 4.69) is 17.2 Å². The van der Waals surface area contributed by atoms with Crippen LogP contribution in [0.3, 0.4) is 0 Å². The quantitative estimate of drug-likeness (QED) is 0.795. The Labute approximate surface area is 101 Å². The molecule has 0 amide bonds. The zero-order valence-electron chi connectivity index (χ0n) is 10.1. The van der Waals surface area contributed by atoms with Gasteiger partial charge < -0.3 is 10.4 Å². The summed E-state index contributed by atoms with van der Waals surface area (Å²) >= 11 is 0. The Morgan fingerprint density at radius 2 is 2.41 bits per heavy atom. The van der Waals surface area contributed by atoms with Crippen molar-refractivity contribution in [3.63, 3.8) is 0 Å². The van der Waals surface area contributed by atoms with Gasteiger partial charge in [0.05, 0.1) is 12.1 Å². The van der Waals surface area contributed by atoms with E-state index in [1.807, 2.05) is 0 Å². The molecule has 2 rings (SSSR count). The standard InChI is InChI=1S/C13H19FN2O/c1-10-4-3-7-13(8-10,9-17)16-12-6-2-5-11(14)15-12/h2,5-6,10,17H,3-4,7-9H2,1H3,(H,15,16). The lowest BCUT2D eigenvalue weighted by atomic mass is 9.77. The molecule has 1 aromatic rings. The van der Waals surface area contributed by atoms with Crippen LogP contribution in [0.25, 0.3) is 0 Å². The van der Waals surface area contributed by atoms with Crippen LogP contribution in [0.1, 0.15) is 32.6 Å². The number of hydrogen-bond donors (Lipinski definition) is 2. The molecule has 1 saturated carbocycles. The lowest BCUT2D eigenvalue weighted by Crippen LogP contribution is -2.46. The summed E-state index contributed by atoms with van der Waals surface area (Å²) in [4.78, 5) is 3.80. The molecular formula is C13H19FN2O. The van der Waals surface area contributed by atoms with E-state index in [9.17, 15) is 9.50 Å². The molecule has 17 heavy (non-hydrogen) atoms. The molecule has 0 spiro atoms. The van der Waals surface area contributed by atoms with E-state index in [-0.39, 0.29) is 12.1 Å². The molecule has 1 aliphatic carbocycles. The summed E-state index contributed by atoms with van der Waals surface area (Å²) in [5.41, 5.74) is -0.335. The number of nitrogens with one attached hydrogen (secondary N) is 1. The van der Waals surface area contributed by atoms with E-state index < -0.39 is 5.95 Å². The van der Waals surface area contributed by atoms with Gasteiger partial charge in [-0.1, -0.05) is 25.8 Å². The molecule has 0 aromatic carbocycles. The van der Waals surface area contributed by atoms with Gasteiger partial charge >= 0.3 is 0 Å². The first-order valence-electron chi connectivity index (χ1n) is 6.15. The summed E-state index contributed by atoms with van der Waals surface area (Å²) in [6.07, 6.45) is 4.10. The van der Waals surface area contributed by atoms with Crippen molar-refractivity contribution in [2.45, 2.75) is 38.1 Å². The second-order valence-electron chi connectivity index (χ2n) is 5.11. The maximum absolute atomic E-state index is 13.0. The molecule has 0 radical (unpaired) electrons. The third kappa shape index (κ3) is 2.94. The van der Waals surface area contributed by atoms with Crippen molar-refractivity contribution >= 4 is 5.82 Å². The molecule has 2 N–H and O–H groups in total. The Morgan fingerprint density at radius 3 is 3.06 bits per heavy atom. The van der Waals surface area contributed by atoms with Gasteiger partial charge in [0.15, 0.2) is 0 Å². The van der Waals surface area contributed by atoms with E-state index in [4.69, 9.17) is 0 Å². The maximum atomic E-state index is 13.0. The number of pyridine rings is 1. The number of aliphatic hydroxyl groups excluding tert-OH is 1. The Balaban J connectivity index is 2.13. The second kappa shape index (κ2) is 5.00. The van der Waals surface area contributed by atoms with Crippen molar-refractivity contribution < 1.29 is 9.50 Å². The summed E-state index contributed by atoms with van der Waals surface area (Å²) in [6.45, 7) is 2.25. The minimum atomic E-state index is -0.494. The van der Waals surface area contributed by atoms with E-state index in [1.165, 1.54) is 12.5 Å². The van der Waals surface area contributed by atoms with E-state index >= 15 is 0 Å². The summed E-state index contributed by atoms with van der Waals surface area (Å²) in [6, 6.07) is 4.68. The molecule has 1 aromatic heterocycles. The fourth-order valence-corrected chi connectivity index (χ4v) is 2.71. The van der Waals surface area contributed by atoms with Crippen LogP contribution in [0, 0.1) is 11.9 Å². The lowest BCUT2D eigenvalue weighted by Gasteiger charge is -2.39. The molecule has 1 aliphatic rings. The van der Waals surface area contributed by atoms with Gasteiger partial charge in [0.1, 0.15) is 5.82 Å². The zero-order valence-corrected chi connectivity index (χ0v) is 10.1. The maximum Gasteiger partial charge on any atom is 0.214 e. The molecule has 2 atom stereocenters.